The van der Waals surface area contributed by atoms with Gasteiger partial charge in [0.2, 0.25) is 0 Å². The fraction of sp³-hybridized carbons (Fsp3) is 0.320. The van der Waals surface area contributed by atoms with Gasteiger partial charge in [-0.05, 0) is 55.8 Å². The predicted octanol–water partition coefficient (Wildman–Crippen LogP) is 4.32. The van der Waals surface area contributed by atoms with Gasteiger partial charge in [-0.25, -0.2) is 9.78 Å². The van der Waals surface area contributed by atoms with Gasteiger partial charge >= 0.3 is 6.03 Å². The number of benzene rings is 1. The summed E-state index contributed by atoms with van der Waals surface area (Å²) in [5.41, 5.74) is 4.95. The number of para-hydroxylation sites is 1. The summed E-state index contributed by atoms with van der Waals surface area (Å²) in [5, 5.41) is 14.4. The zero-order valence-electron chi connectivity index (χ0n) is 19.4. The van der Waals surface area contributed by atoms with Crippen LogP contribution in [0.25, 0.3) is 5.65 Å². The number of rotatable bonds is 8. The number of hydrogen-bond acceptors (Lipinski definition) is 4. The highest BCUT2D eigenvalue weighted by atomic mass is 35.5. The fourth-order valence-corrected chi connectivity index (χ4v) is 4.28. The van der Waals surface area contributed by atoms with Crippen LogP contribution in [0.3, 0.4) is 0 Å². The number of carbonyl (C=O) groups is 1. The Morgan fingerprint density at radius 1 is 1.24 bits per heavy atom. The van der Waals surface area contributed by atoms with E-state index in [4.69, 9.17) is 24.4 Å². The lowest BCUT2D eigenvalue weighted by molar-refractivity contribution is 0.252. The maximum absolute atomic E-state index is 12.2. The summed E-state index contributed by atoms with van der Waals surface area (Å²) in [6.45, 7) is 5.27. The molecular formula is C25H28BClN6O. The van der Waals surface area contributed by atoms with Gasteiger partial charge in [-0.3, -0.25) is 0 Å². The molecule has 0 aliphatic heterocycles. The summed E-state index contributed by atoms with van der Waals surface area (Å²) in [4.78, 5) is 17.0. The smallest absolute Gasteiger partial charge is 0.319 e. The van der Waals surface area contributed by atoms with E-state index in [0.29, 0.717) is 24.2 Å². The van der Waals surface area contributed by atoms with Crippen LogP contribution < -0.4 is 21.4 Å². The van der Waals surface area contributed by atoms with Crippen LogP contribution in [0.15, 0.2) is 53.7 Å². The average Bonchev–Trinajstić information content (AvgIpc) is 3.19. The Hall–Kier alpha value is -3.26. The Balaban J connectivity index is 1.30. The van der Waals surface area contributed by atoms with Crippen LogP contribution in [0.5, 0.6) is 0 Å². The number of aryl methyl sites for hydroxylation is 2. The average molecular weight is 475 g/mol. The van der Waals surface area contributed by atoms with Crippen molar-refractivity contribution < 1.29 is 4.79 Å². The topological polar surface area (TPSA) is 83.3 Å². The van der Waals surface area contributed by atoms with E-state index in [1.807, 2.05) is 50.3 Å². The summed E-state index contributed by atoms with van der Waals surface area (Å²) in [6.07, 6.45) is 10.0. The minimum atomic E-state index is -0.190. The molecule has 1 aromatic carbocycles. The number of aromatic nitrogens is 3. The van der Waals surface area contributed by atoms with Gasteiger partial charge in [-0.2, -0.15) is 9.61 Å². The lowest BCUT2D eigenvalue weighted by atomic mass is 9.96. The summed E-state index contributed by atoms with van der Waals surface area (Å²) < 4.78 is 1.71. The molecule has 9 heteroatoms. The molecule has 0 saturated carbocycles. The molecule has 2 heterocycles. The number of allylic oxidation sites excluding steroid dienone is 4. The highest BCUT2D eigenvalue weighted by Gasteiger charge is 2.20. The summed E-state index contributed by atoms with van der Waals surface area (Å²) in [7, 11) is 6.09. The van der Waals surface area contributed by atoms with E-state index in [1.165, 1.54) is 0 Å². The van der Waals surface area contributed by atoms with Crippen LogP contribution in [0.1, 0.15) is 42.0 Å². The maximum Gasteiger partial charge on any atom is 0.319 e. The number of nitrogens with zero attached hydrogens (tertiary/aromatic N) is 3. The predicted molar refractivity (Wildman–Crippen MR) is 139 cm³/mol. The van der Waals surface area contributed by atoms with Gasteiger partial charge in [0.25, 0.3) is 0 Å². The Labute approximate surface area is 206 Å². The van der Waals surface area contributed by atoms with Gasteiger partial charge in [0.15, 0.2) is 5.65 Å². The number of urea groups is 1. The molecule has 174 valence electrons. The quantitative estimate of drug-likeness (QED) is 0.335. The molecule has 1 aliphatic rings. The second-order valence-electron chi connectivity index (χ2n) is 8.45. The third-order valence-corrected chi connectivity index (χ3v) is 6.28. The lowest BCUT2D eigenvalue weighted by Crippen LogP contribution is -2.30. The maximum atomic E-state index is 12.2. The zero-order valence-corrected chi connectivity index (χ0v) is 20.2. The van der Waals surface area contributed by atoms with E-state index in [-0.39, 0.29) is 11.9 Å². The standard InChI is InChI=1S/C25H28BClN6O/c1-16-8-7-9-17(2)23(16)32-25(34)29-13-6-5-12-28-22-14-21(18-10-3-4-11-20(18)27)31-24-19(26)15-30-33(22)24/h3-4,7-9,11,14-15,18,28H,5-6,10,12-13H2,1-2H3,(H2,29,32,34). The molecule has 3 aromatic rings. The first-order valence-corrected chi connectivity index (χ1v) is 11.8. The monoisotopic (exact) mass is 474 g/mol. The number of hydrogen-bond donors (Lipinski definition) is 3. The van der Waals surface area contributed by atoms with Crippen LogP contribution in [-0.2, 0) is 0 Å². The second-order valence-corrected chi connectivity index (χ2v) is 8.89. The van der Waals surface area contributed by atoms with Crippen molar-refractivity contribution in [1.82, 2.24) is 19.9 Å². The Bertz CT molecular complexity index is 1230. The number of unbranched alkanes of at least 4 members (excludes halogenated alkanes) is 1. The van der Waals surface area contributed by atoms with Gasteiger partial charge < -0.3 is 16.0 Å². The molecule has 1 atom stereocenters. The molecule has 34 heavy (non-hydrogen) atoms. The highest BCUT2D eigenvalue weighted by molar-refractivity contribution is 6.36. The first kappa shape index (κ1) is 23.9. The van der Waals surface area contributed by atoms with Crippen molar-refractivity contribution in [1.29, 1.82) is 0 Å². The van der Waals surface area contributed by atoms with Gasteiger partial charge in [0.1, 0.15) is 13.7 Å². The molecule has 0 fully saturated rings. The number of amides is 2. The van der Waals surface area contributed by atoms with Gasteiger partial charge in [0.05, 0.1) is 5.69 Å². The van der Waals surface area contributed by atoms with E-state index in [0.717, 1.165) is 52.6 Å². The van der Waals surface area contributed by atoms with E-state index in [2.05, 4.69) is 27.1 Å². The first-order chi connectivity index (χ1) is 16.4. The van der Waals surface area contributed by atoms with Crippen molar-refractivity contribution >= 4 is 48.1 Å². The number of nitrogens with one attached hydrogen (secondary N) is 3. The molecule has 4 rings (SSSR count). The molecule has 2 amide bonds. The molecule has 2 radical (unpaired) electrons. The van der Waals surface area contributed by atoms with E-state index < -0.39 is 0 Å². The summed E-state index contributed by atoms with van der Waals surface area (Å²) in [6, 6.07) is 7.74. The number of halogens is 1. The Morgan fingerprint density at radius 2 is 2.00 bits per heavy atom. The third-order valence-electron chi connectivity index (χ3n) is 5.89. The number of fused-ring (bicyclic) bond motifs is 1. The highest BCUT2D eigenvalue weighted by Crippen LogP contribution is 2.33. The van der Waals surface area contributed by atoms with Crippen molar-refractivity contribution in [2.75, 3.05) is 23.7 Å². The number of anilines is 2. The van der Waals surface area contributed by atoms with Crippen molar-refractivity contribution in [3.05, 3.63) is 70.5 Å². The molecule has 0 saturated heterocycles. The molecule has 0 spiro atoms. The number of carbonyl (C=O) groups excluding carboxylic acids is 1. The normalized spacial score (nSPS) is 15.3. The summed E-state index contributed by atoms with van der Waals surface area (Å²) >= 11 is 6.45. The molecule has 2 aromatic heterocycles. The fourth-order valence-electron chi connectivity index (χ4n) is 4.01. The largest absolute Gasteiger partial charge is 0.370 e. The SMILES string of the molecule is [B]c1cnn2c(NCCCCNC(=O)Nc3c(C)cccc3C)cc(C3CC=CC=C3Cl)nc12. The summed E-state index contributed by atoms with van der Waals surface area (Å²) in [5.74, 6) is 0.822. The van der Waals surface area contributed by atoms with E-state index >= 15 is 0 Å². The van der Waals surface area contributed by atoms with Crippen LogP contribution in [-0.4, -0.2) is 41.6 Å². The van der Waals surface area contributed by atoms with Crippen molar-refractivity contribution in [3.8, 4) is 0 Å². The van der Waals surface area contributed by atoms with Crippen LogP contribution in [0, 0.1) is 13.8 Å². The van der Waals surface area contributed by atoms with E-state index in [9.17, 15) is 4.79 Å². The first-order valence-electron chi connectivity index (χ1n) is 11.5. The Kier molecular flexibility index (Phi) is 7.58. The minimum absolute atomic E-state index is 0.00566. The van der Waals surface area contributed by atoms with Crippen LogP contribution in [0.2, 0.25) is 0 Å². The van der Waals surface area contributed by atoms with Crippen molar-refractivity contribution in [2.45, 2.75) is 39.0 Å². The van der Waals surface area contributed by atoms with Crippen LogP contribution in [0.4, 0.5) is 16.3 Å². The van der Waals surface area contributed by atoms with Crippen molar-refractivity contribution in [3.63, 3.8) is 0 Å². The molecule has 1 unspecified atom stereocenters. The second kappa shape index (κ2) is 10.8. The molecular weight excluding hydrogens is 447 g/mol. The molecule has 7 nitrogen and oxygen atoms in total. The Morgan fingerprint density at radius 3 is 2.76 bits per heavy atom. The van der Waals surface area contributed by atoms with Gasteiger partial charge in [-0.15, -0.1) is 0 Å². The zero-order chi connectivity index (χ0) is 24.1. The van der Waals surface area contributed by atoms with Gasteiger partial charge in [-0.1, -0.05) is 42.0 Å². The van der Waals surface area contributed by atoms with Crippen molar-refractivity contribution in [2.24, 2.45) is 0 Å². The molecule has 1 aliphatic carbocycles. The third kappa shape index (κ3) is 5.45. The molecule has 3 N–H and O–H groups in total. The minimum Gasteiger partial charge on any atom is -0.370 e. The molecule has 0 bridgehead atoms. The van der Waals surface area contributed by atoms with Gasteiger partial charge in [0, 0.05) is 42.0 Å². The van der Waals surface area contributed by atoms with E-state index in [1.54, 1.807) is 10.7 Å². The van der Waals surface area contributed by atoms with Crippen LogP contribution >= 0.6 is 11.6 Å². The lowest BCUT2D eigenvalue weighted by Gasteiger charge is -2.18.